The quantitative estimate of drug-likeness (QED) is 0.877. The Morgan fingerprint density at radius 2 is 1.78 bits per heavy atom. The number of hydrogen-bond donors (Lipinski definition) is 2. The van der Waals surface area contributed by atoms with Crippen molar-refractivity contribution in [2.45, 2.75) is 51.0 Å². The van der Waals surface area contributed by atoms with Crippen molar-refractivity contribution in [3.63, 3.8) is 0 Å². The molecule has 0 spiro atoms. The van der Waals surface area contributed by atoms with Gasteiger partial charge < -0.3 is 0 Å². The number of rotatable bonds is 5. The highest BCUT2D eigenvalue weighted by atomic mass is 32.2. The summed E-state index contributed by atoms with van der Waals surface area (Å²) in [6.45, 7) is 7.39. The number of hydrogen-bond acceptors (Lipinski definition) is 3. The van der Waals surface area contributed by atoms with Gasteiger partial charge in [-0.15, -0.1) is 0 Å². The van der Waals surface area contributed by atoms with Crippen LogP contribution in [0.4, 0.5) is 0 Å². The van der Waals surface area contributed by atoms with Crippen LogP contribution in [-0.2, 0) is 16.4 Å². The number of nitrogens with one attached hydrogen (secondary N) is 2. The zero-order chi connectivity index (χ0) is 17.3. The minimum atomic E-state index is -3.58. The van der Waals surface area contributed by atoms with E-state index in [1.807, 2.05) is 6.92 Å². The predicted octanol–water partition coefficient (Wildman–Crippen LogP) is 2.19. The van der Waals surface area contributed by atoms with Crippen molar-refractivity contribution in [1.29, 1.82) is 0 Å². The molecule has 1 aromatic carbocycles. The van der Waals surface area contributed by atoms with Crippen molar-refractivity contribution >= 4 is 10.0 Å². The van der Waals surface area contributed by atoms with Crippen LogP contribution >= 0.6 is 0 Å². The van der Waals surface area contributed by atoms with E-state index in [1.165, 1.54) is 16.8 Å². The van der Waals surface area contributed by atoms with Crippen LogP contribution in [0.1, 0.15) is 39.8 Å². The van der Waals surface area contributed by atoms with Crippen molar-refractivity contribution in [3.8, 4) is 5.69 Å². The van der Waals surface area contributed by atoms with Gasteiger partial charge in [-0.2, -0.15) is 0 Å². The van der Waals surface area contributed by atoms with Crippen molar-refractivity contribution in [2.24, 2.45) is 0 Å². The Morgan fingerprint density at radius 1 is 1.17 bits per heavy atom. The van der Waals surface area contributed by atoms with Crippen LogP contribution in [0, 0.1) is 0 Å². The van der Waals surface area contributed by atoms with E-state index in [4.69, 9.17) is 0 Å². The van der Waals surface area contributed by atoms with Crippen molar-refractivity contribution in [2.75, 3.05) is 0 Å². The van der Waals surface area contributed by atoms with E-state index in [1.54, 1.807) is 39.0 Å². The summed E-state index contributed by atoms with van der Waals surface area (Å²) in [6.07, 6.45) is 1.74. The predicted molar refractivity (Wildman–Crippen MR) is 90.5 cm³/mol. The standard InChI is InChI=1S/C16H23N3O3S/c1-5-6-12-11-15(20)19(17-12)13-7-9-14(10-8-13)23(21,22)18-16(2,3)4/h7-11,17-18H,5-6H2,1-4H3. The summed E-state index contributed by atoms with van der Waals surface area (Å²) in [6, 6.07) is 7.79. The SMILES string of the molecule is CCCc1cc(=O)n(-c2ccc(S(=O)(=O)NC(C)(C)C)cc2)[nH]1. The second-order valence-corrected chi connectivity index (χ2v) is 8.24. The first-order chi connectivity index (χ1) is 10.6. The molecule has 126 valence electrons. The normalized spacial score (nSPS) is 12.5. The van der Waals surface area contributed by atoms with Crippen LogP contribution in [0.3, 0.4) is 0 Å². The van der Waals surface area contributed by atoms with Gasteiger partial charge in [-0.3, -0.25) is 9.89 Å². The van der Waals surface area contributed by atoms with E-state index in [0.717, 1.165) is 18.5 Å². The Morgan fingerprint density at radius 3 is 2.30 bits per heavy atom. The molecule has 6 nitrogen and oxygen atoms in total. The van der Waals surface area contributed by atoms with Crippen LogP contribution < -0.4 is 10.3 Å². The van der Waals surface area contributed by atoms with Crippen molar-refractivity contribution in [3.05, 3.63) is 46.4 Å². The van der Waals surface area contributed by atoms with E-state index >= 15 is 0 Å². The lowest BCUT2D eigenvalue weighted by Gasteiger charge is -2.20. The number of sulfonamides is 1. The molecule has 7 heteroatoms. The molecule has 0 unspecified atom stereocenters. The molecule has 0 aliphatic rings. The summed E-state index contributed by atoms with van der Waals surface area (Å²) in [4.78, 5) is 12.2. The lowest BCUT2D eigenvalue weighted by Crippen LogP contribution is -2.40. The van der Waals surface area contributed by atoms with Gasteiger partial charge in [-0.05, 0) is 51.5 Å². The maximum atomic E-state index is 12.3. The molecule has 2 N–H and O–H groups in total. The van der Waals surface area contributed by atoms with Gasteiger partial charge in [0.25, 0.3) is 5.56 Å². The molecule has 0 fully saturated rings. The fourth-order valence-corrected chi connectivity index (χ4v) is 3.69. The summed E-state index contributed by atoms with van der Waals surface area (Å²) in [5.74, 6) is 0. The molecule has 1 heterocycles. The van der Waals surface area contributed by atoms with Crippen molar-refractivity contribution in [1.82, 2.24) is 14.5 Å². The minimum Gasteiger partial charge on any atom is -0.295 e. The van der Waals surface area contributed by atoms with E-state index in [2.05, 4.69) is 9.82 Å². The first-order valence-corrected chi connectivity index (χ1v) is 9.06. The van der Waals surface area contributed by atoms with Crippen LogP contribution in [0.25, 0.3) is 5.69 Å². The molecule has 23 heavy (non-hydrogen) atoms. The Kier molecular flexibility index (Phi) is 4.81. The zero-order valence-corrected chi connectivity index (χ0v) is 14.7. The summed E-state index contributed by atoms with van der Waals surface area (Å²) in [5.41, 5.74) is 0.760. The summed E-state index contributed by atoms with van der Waals surface area (Å²) >= 11 is 0. The Labute approximate surface area is 136 Å². The minimum absolute atomic E-state index is 0.156. The molecule has 0 aliphatic carbocycles. The Balaban J connectivity index is 2.31. The second-order valence-electron chi connectivity index (χ2n) is 6.55. The molecule has 0 saturated heterocycles. The first-order valence-electron chi connectivity index (χ1n) is 7.58. The van der Waals surface area contributed by atoms with Gasteiger partial charge >= 0.3 is 0 Å². The van der Waals surface area contributed by atoms with Crippen LogP contribution in [0.5, 0.6) is 0 Å². The number of benzene rings is 1. The molecule has 0 saturated carbocycles. The van der Waals surface area contributed by atoms with Gasteiger partial charge in [0.2, 0.25) is 10.0 Å². The fourth-order valence-electron chi connectivity index (χ4n) is 2.27. The zero-order valence-electron chi connectivity index (χ0n) is 13.9. The maximum absolute atomic E-state index is 12.3. The highest BCUT2D eigenvalue weighted by Gasteiger charge is 2.21. The van der Waals surface area contributed by atoms with Crippen molar-refractivity contribution < 1.29 is 8.42 Å². The molecule has 1 aromatic heterocycles. The van der Waals surface area contributed by atoms with E-state index in [0.29, 0.717) is 5.69 Å². The number of H-pyrrole nitrogens is 1. The van der Waals surface area contributed by atoms with Gasteiger partial charge in [0.15, 0.2) is 0 Å². The lowest BCUT2D eigenvalue weighted by atomic mass is 10.1. The average molecular weight is 337 g/mol. The molecule has 2 rings (SSSR count). The van der Waals surface area contributed by atoms with Gasteiger partial charge in [-0.1, -0.05) is 13.3 Å². The Hall–Kier alpha value is -1.86. The topological polar surface area (TPSA) is 84.0 Å². The number of aryl methyl sites for hydroxylation is 1. The highest BCUT2D eigenvalue weighted by Crippen LogP contribution is 2.15. The maximum Gasteiger partial charge on any atom is 0.271 e. The first kappa shape index (κ1) is 17.5. The third-order valence-electron chi connectivity index (χ3n) is 3.14. The number of aromatic nitrogens is 2. The van der Waals surface area contributed by atoms with Gasteiger partial charge in [-0.25, -0.2) is 17.8 Å². The third-order valence-corrected chi connectivity index (χ3v) is 4.91. The van der Waals surface area contributed by atoms with E-state index < -0.39 is 15.6 Å². The van der Waals surface area contributed by atoms with E-state index in [-0.39, 0.29) is 10.5 Å². The largest absolute Gasteiger partial charge is 0.295 e. The number of nitrogens with zero attached hydrogens (tertiary/aromatic N) is 1. The van der Waals surface area contributed by atoms with Gasteiger partial charge in [0, 0.05) is 17.3 Å². The third kappa shape index (κ3) is 4.33. The molecule has 2 aromatic rings. The highest BCUT2D eigenvalue weighted by molar-refractivity contribution is 7.89. The van der Waals surface area contributed by atoms with Crippen LogP contribution in [0.2, 0.25) is 0 Å². The molecular formula is C16H23N3O3S. The summed E-state index contributed by atoms with van der Waals surface area (Å²) < 4.78 is 28.5. The fraction of sp³-hybridized carbons (Fsp3) is 0.438. The number of aromatic amines is 1. The summed E-state index contributed by atoms with van der Waals surface area (Å²) in [7, 11) is -3.58. The smallest absolute Gasteiger partial charge is 0.271 e. The monoisotopic (exact) mass is 337 g/mol. The lowest BCUT2D eigenvalue weighted by molar-refractivity contribution is 0.491. The molecule has 0 atom stereocenters. The van der Waals surface area contributed by atoms with Gasteiger partial charge in [0.1, 0.15) is 0 Å². The van der Waals surface area contributed by atoms with Crippen LogP contribution in [-0.4, -0.2) is 23.7 Å². The second kappa shape index (κ2) is 6.33. The Bertz CT molecular complexity index is 825. The molecular weight excluding hydrogens is 314 g/mol. The molecule has 0 radical (unpaired) electrons. The summed E-state index contributed by atoms with van der Waals surface area (Å²) in [5, 5.41) is 3.03. The molecule has 0 amide bonds. The molecule has 0 aliphatic heterocycles. The van der Waals surface area contributed by atoms with E-state index in [9.17, 15) is 13.2 Å². The van der Waals surface area contributed by atoms with Gasteiger partial charge in [0.05, 0.1) is 10.6 Å². The molecule has 0 bridgehead atoms. The van der Waals surface area contributed by atoms with Crippen LogP contribution in [0.15, 0.2) is 40.0 Å². The average Bonchev–Trinajstić information content (AvgIpc) is 2.78.